The molecular weight excluding hydrogens is 290 g/mol. The Kier molecular flexibility index (Phi) is 4.45. The molecule has 2 unspecified atom stereocenters. The van der Waals surface area contributed by atoms with Gasteiger partial charge in [-0.25, -0.2) is 8.78 Å². The molecule has 0 bridgehead atoms. The molecule has 3 nitrogen and oxygen atoms in total. The van der Waals surface area contributed by atoms with E-state index in [1.54, 1.807) is 0 Å². The zero-order valence-electron chi connectivity index (χ0n) is 12.2. The minimum atomic E-state index is -0.858. The quantitative estimate of drug-likeness (QED) is 0.902. The summed E-state index contributed by atoms with van der Waals surface area (Å²) in [5, 5.41) is 18.8. The Morgan fingerprint density at radius 2 is 1.23 bits per heavy atom. The number of carbonyl (C=O) groups excluding carboxylic acids is 1. The van der Waals surface area contributed by atoms with E-state index in [9.17, 15) is 23.8 Å². The molecule has 2 atom stereocenters. The minimum Gasteiger partial charge on any atom is -0.505 e. The van der Waals surface area contributed by atoms with Crippen molar-refractivity contribution in [1.82, 2.24) is 0 Å². The molecule has 0 aromatic heterocycles. The number of hydrogen-bond acceptors (Lipinski definition) is 3. The number of hydrogen-bond donors (Lipinski definition) is 2. The molecule has 2 aromatic carbocycles. The van der Waals surface area contributed by atoms with Gasteiger partial charge in [-0.3, -0.25) is 4.79 Å². The van der Waals surface area contributed by atoms with E-state index in [0.717, 1.165) is 0 Å². The molecule has 0 aliphatic rings. The van der Waals surface area contributed by atoms with Crippen LogP contribution in [0.1, 0.15) is 36.8 Å². The van der Waals surface area contributed by atoms with Gasteiger partial charge in [0.2, 0.25) is 0 Å². The first-order valence-electron chi connectivity index (χ1n) is 6.83. The van der Waals surface area contributed by atoms with E-state index < -0.39 is 40.8 Å². The van der Waals surface area contributed by atoms with Crippen molar-refractivity contribution in [2.75, 3.05) is 0 Å². The second-order valence-corrected chi connectivity index (χ2v) is 5.21. The Morgan fingerprint density at radius 3 is 1.59 bits per heavy atom. The molecule has 2 N–H and O–H groups in total. The smallest absolute Gasteiger partial charge is 0.168 e. The molecule has 0 radical (unpaired) electrons. The van der Waals surface area contributed by atoms with E-state index in [-0.39, 0.29) is 11.1 Å². The van der Waals surface area contributed by atoms with Crippen molar-refractivity contribution in [1.29, 1.82) is 0 Å². The Bertz CT molecular complexity index is 654. The standard InChI is InChI=1S/C17H16F2O3/c1-9(11-5-3-7-13(20)15(11)18)17(22)10(2)12-6-4-8-14(21)16(12)19/h3-10,20-21H,1-2H3. The van der Waals surface area contributed by atoms with E-state index >= 15 is 0 Å². The SMILES string of the molecule is CC(C(=O)C(C)c1cccc(O)c1F)c1cccc(O)c1F. The van der Waals surface area contributed by atoms with E-state index in [1.807, 2.05) is 0 Å². The lowest BCUT2D eigenvalue weighted by Gasteiger charge is -2.18. The fourth-order valence-corrected chi connectivity index (χ4v) is 2.42. The molecule has 5 heteroatoms. The van der Waals surface area contributed by atoms with Crippen molar-refractivity contribution >= 4 is 5.78 Å². The number of carbonyl (C=O) groups is 1. The van der Waals surface area contributed by atoms with Crippen molar-refractivity contribution in [3.63, 3.8) is 0 Å². The molecule has 0 amide bonds. The summed E-state index contributed by atoms with van der Waals surface area (Å²) in [5.41, 5.74) is 0.106. The van der Waals surface area contributed by atoms with E-state index in [1.165, 1.54) is 50.2 Å². The third-order valence-corrected chi connectivity index (χ3v) is 3.80. The number of phenols is 2. The van der Waals surface area contributed by atoms with Crippen LogP contribution in [-0.2, 0) is 4.79 Å². The number of ketones is 1. The lowest BCUT2D eigenvalue weighted by atomic mass is 9.85. The number of Topliss-reactive ketones (excluding diaryl/α,β-unsaturated/α-hetero) is 1. The van der Waals surface area contributed by atoms with Gasteiger partial charge in [0.1, 0.15) is 5.78 Å². The highest BCUT2D eigenvalue weighted by molar-refractivity contribution is 5.91. The fourth-order valence-electron chi connectivity index (χ4n) is 2.42. The molecule has 0 aliphatic heterocycles. The van der Waals surface area contributed by atoms with Crippen LogP contribution in [-0.4, -0.2) is 16.0 Å². The van der Waals surface area contributed by atoms with Gasteiger partial charge in [-0.05, 0) is 12.1 Å². The molecule has 0 saturated carbocycles. The monoisotopic (exact) mass is 306 g/mol. The second kappa shape index (κ2) is 6.13. The lowest BCUT2D eigenvalue weighted by molar-refractivity contribution is -0.121. The highest BCUT2D eigenvalue weighted by Gasteiger charge is 2.28. The molecule has 116 valence electrons. The molecular formula is C17H16F2O3. The lowest BCUT2D eigenvalue weighted by Crippen LogP contribution is -2.18. The van der Waals surface area contributed by atoms with Gasteiger partial charge in [-0.15, -0.1) is 0 Å². The molecule has 0 saturated heterocycles. The van der Waals surface area contributed by atoms with Crippen molar-refractivity contribution in [3.05, 3.63) is 59.2 Å². The van der Waals surface area contributed by atoms with Crippen LogP contribution in [0.5, 0.6) is 11.5 Å². The topological polar surface area (TPSA) is 57.5 Å². The summed E-state index contributed by atoms with van der Waals surface area (Å²) in [6.45, 7) is 2.99. The summed E-state index contributed by atoms with van der Waals surface area (Å²) in [6.07, 6.45) is 0. The van der Waals surface area contributed by atoms with Gasteiger partial charge in [-0.1, -0.05) is 38.1 Å². The average Bonchev–Trinajstić information content (AvgIpc) is 2.50. The summed E-state index contributed by atoms with van der Waals surface area (Å²) in [4.78, 5) is 12.5. The van der Waals surface area contributed by atoms with Gasteiger partial charge in [-0.2, -0.15) is 0 Å². The molecule has 2 rings (SSSR count). The Balaban J connectivity index is 2.34. The highest BCUT2D eigenvalue weighted by atomic mass is 19.1. The van der Waals surface area contributed by atoms with Gasteiger partial charge < -0.3 is 10.2 Å². The zero-order valence-corrected chi connectivity index (χ0v) is 12.2. The van der Waals surface area contributed by atoms with Crippen molar-refractivity contribution in [2.24, 2.45) is 0 Å². The average molecular weight is 306 g/mol. The Morgan fingerprint density at radius 1 is 0.864 bits per heavy atom. The first-order valence-corrected chi connectivity index (χ1v) is 6.83. The van der Waals surface area contributed by atoms with Crippen LogP contribution in [0, 0.1) is 11.6 Å². The van der Waals surface area contributed by atoms with E-state index in [0.29, 0.717) is 0 Å². The molecule has 0 aliphatic carbocycles. The van der Waals surface area contributed by atoms with Gasteiger partial charge in [0.25, 0.3) is 0 Å². The summed E-state index contributed by atoms with van der Waals surface area (Å²) in [7, 11) is 0. The van der Waals surface area contributed by atoms with Gasteiger partial charge in [0.15, 0.2) is 23.1 Å². The van der Waals surface area contributed by atoms with E-state index in [2.05, 4.69) is 0 Å². The molecule has 22 heavy (non-hydrogen) atoms. The number of rotatable bonds is 4. The maximum Gasteiger partial charge on any atom is 0.168 e. The molecule has 0 heterocycles. The van der Waals surface area contributed by atoms with Crippen molar-refractivity contribution in [3.8, 4) is 11.5 Å². The van der Waals surface area contributed by atoms with Crippen LogP contribution in [0.4, 0.5) is 8.78 Å². The first kappa shape index (κ1) is 15.9. The summed E-state index contributed by atoms with van der Waals surface area (Å²) < 4.78 is 27.8. The maximum absolute atomic E-state index is 13.9. The van der Waals surface area contributed by atoms with Crippen molar-refractivity contribution < 1.29 is 23.8 Å². The van der Waals surface area contributed by atoms with Crippen LogP contribution < -0.4 is 0 Å². The number of phenolic OH excluding ortho intramolecular Hbond substituents is 2. The van der Waals surface area contributed by atoms with Crippen LogP contribution in [0.3, 0.4) is 0 Å². The summed E-state index contributed by atoms with van der Waals surface area (Å²) in [6, 6.07) is 8.07. The van der Waals surface area contributed by atoms with Crippen molar-refractivity contribution in [2.45, 2.75) is 25.7 Å². The number of aromatic hydroxyl groups is 2. The minimum absolute atomic E-state index is 0.0532. The fraction of sp³-hybridized carbons (Fsp3) is 0.235. The second-order valence-electron chi connectivity index (χ2n) is 5.21. The largest absolute Gasteiger partial charge is 0.505 e. The van der Waals surface area contributed by atoms with Gasteiger partial charge >= 0.3 is 0 Å². The summed E-state index contributed by atoms with van der Waals surface area (Å²) in [5.74, 6) is -4.90. The third-order valence-electron chi connectivity index (χ3n) is 3.80. The third kappa shape index (κ3) is 2.79. The number of halogens is 2. The molecule has 2 aromatic rings. The predicted octanol–water partition coefficient (Wildman–Crippen LogP) is 3.85. The maximum atomic E-state index is 13.9. The van der Waals surface area contributed by atoms with Crippen LogP contribution in [0.15, 0.2) is 36.4 Å². The van der Waals surface area contributed by atoms with Crippen LogP contribution >= 0.6 is 0 Å². The number of benzene rings is 2. The molecule has 0 spiro atoms. The highest BCUT2D eigenvalue weighted by Crippen LogP contribution is 2.32. The van der Waals surface area contributed by atoms with Gasteiger partial charge in [0, 0.05) is 23.0 Å². The Labute approximate surface area is 126 Å². The van der Waals surface area contributed by atoms with E-state index in [4.69, 9.17) is 0 Å². The predicted molar refractivity (Wildman–Crippen MR) is 78.0 cm³/mol. The van der Waals surface area contributed by atoms with Crippen LogP contribution in [0.2, 0.25) is 0 Å². The zero-order chi connectivity index (χ0) is 16.4. The van der Waals surface area contributed by atoms with Gasteiger partial charge in [0.05, 0.1) is 0 Å². The van der Waals surface area contributed by atoms with Crippen LogP contribution in [0.25, 0.3) is 0 Å². The first-order chi connectivity index (χ1) is 10.3. The normalized spacial score (nSPS) is 13.6. The summed E-state index contributed by atoms with van der Waals surface area (Å²) >= 11 is 0. The Hall–Kier alpha value is -2.43. The molecule has 0 fully saturated rings.